The number of benzene rings is 1. The van der Waals surface area contributed by atoms with Gasteiger partial charge in [0.05, 0.1) is 24.7 Å². The molecule has 5 nitrogen and oxygen atoms in total. The lowest BCUT2D eigenvalue weighted by Gasteiger charge is -2.05. The van der Waals surface area contributed by atoms with Gasteiger partial charge in [-0.3, -0.25) is 4.99 Å². The smallest absolute Gasteiger partial charge is 0.206 e. The van der Waals surface area contributed by atoms with E-state index < -0.39 is 0 Å². The molecule has 3 rings (SSSR count). The number of nitrogens with one attached hydrogen (secondary N) is 1. The van der Waals surface area contributed by atoms with Crippen LogP contribution >= 0.6 is 11.3 Å². The van der Waals surface area contributed by atoms with E-state index in [-0.39, 0.29) is 6.04 Å². The fourth-order valence-electron chi connectivity index (χ4n) is 2.23. The first-order valence-corrected chi connectivity index (χ1v) is 8.62. The number of hydrogen-bond donors (Lipinski definition) is 1. The van der Waals surface area contributed by atoms with Crippen molar-refractivity contribution in [3.05, 3.63) is 58.5 Å². The lowest BCUT2D eigenvalue weighted by atomic mass is 10.2. The summed E-state index contributed by atoms with van der Waals surface area (Å²) in [7, 11) is 1.67. The van der Waals surface area contributed by atoms with Crippen molar-refractivity contribution in [1.82, 2.24) is 9.66 Å². The first-order valence-electron chi connectivity index (χ1n) is 7.74. The van der Waals surface area contributed by atoms with Crippen molar-refractivity contribution in [3.8, 4) is 17.0 Å². The molecule has 0 radical (unpaired) electrons. The zero-order valence-corrected chi connectivity index (χ0v) is 14.7. The second-order valence-electron chi connectivity index (χ2n) is 5.54. The van der Waals surface area contributed by atoms with Crippen molar-refractivity contribution in [2.24, 2.45) is 10.1 Å². The number of thiazole rings is 1. The van der Waals surface area contributed by atoms with Gasteiger partial charge in [0.25, 0.3) is 0 Å². The van der Waals surface area contributed by atoms with Gasteiger partial charge in [-0.15, -0.1) is 11.3 Å². The number of ether oxygens (including phenoxy) is 1. The first kappa shape index (κ1) is 16.3. The Hall–Kier alpha value is -2.60. The van der Waals surface area contributed by atoms with Gasteiger partial charge in [-0.1, -0.05) is 0 Å². The lowest BCUT2D eigenvalue weighted by Crippen LogP contribution is -2.14. The van der Waals surface area contributed by atoms with Crippen LogP contribution in [-0.4, -0.2) is 29.0 Å². The van der Waals surface area contributed by atoms with E-state index >= 15 is 0 Å². The largest absolute Gasteiger partial charge is 0.497 e. The Morgan fingerprint density at radius 3 is 2.62 bits per heavy atom. The number of hydrogen-bond acceptors (Lipinski definition) is 4. The highest BCUT2D eigenvalue weighted by Gasteiger charge is 2.08. The molecule has 0 bridgehead atoms. The van der Waals surface area contributed by atoms with Crippen LogP contribution in [0.25, 0.3) is 11.3 Å². The Bertz CT molecular complexity index is 871. The van der Waals surface area contributed by atoms with Gasteiger partial charge in [-0.25, -0.2) is 4.68 Å². The van der Waals surface area contributed by atoms with Crippen LogP contribution in [0.5, 0.6) is 5.75 Å². The van der Waals surface area contributed by atoms with Crippen LogP contribution in [0, 0.1) is 0 Å². The molecule has 1 aromatic carbocycles. The molecule has 0 aliphatic heterocycles. The van der Waals surface area contributed by atoms with E-state index in [1.54, 1.807) is 24.7 Å². The van der Waals surface area contributed by atoms with Gasteiger partial charge < -0.3 is 9.72 Å². The highest BCUT2D eigenvalue weighted by molar-refractivity contribution is 7.07. The molecule has 0 aliphatic rings. The molecule has 2 aromatic heterocycles. The molecule has 0 unspecified atom stereocenters. The lowest BCUT2D eigenvalue weighted by molar-refractivity contribution is 0.415. The molecule has 0 fully saturated rings. The summed E-state index contributed by atoms with van der Waals surface area (Å²) in [6.07, 6.45) is 3.68. The molecule has 0 saturated heterocycles. The summed E-state index contributed by atoms with van der Waals surface area (Å²) in [4.78, 5) is 8.67. The molecule has 1 N–H and O–H groups in total. The highest BCUT2D eigenvalue weighted by Crippen LogP contribution is 2.23. The van der Waals surface area contributed by atoms with E-state index in [2.05, 4.69) is 34.3 Å². The Morgan fingerprint density at radius 2 is 2.00 bits per heavy atom. The number of aromatic nitrogens is 2. The summed E-state index contributed by atoms with van der Waals surface area (Å²) in [6.45, 7) is 4.12. The van der Waals surface area contributed by atoms with E-state index in [4.69, 9.17) is 4.74 Å². The van der Waals surface area contributed by atoms with E-state index in [1.165, 1.54) is 0 Å². The molecule has 2 heterocycles. The zero-order valence-electron chi connectivity index (χ0n) is 13.9. The molecule has 0 amide bonds. The predicted octanol–water partition coefficient (Wildman–Crippen LogP) is 3.74. The van der Waals surface area contributed by atoms with Gasteiger partial charge in [0.2, 0.25) is 4.80 Å². The van der Waals surface area contributed by atoms with Crippen molar-refractivity contribution < 1.29 is 4.74 Å². The van der Waals surface area contributed by atoms with Crippen LogP contribution < -0.4 is 9.54 Å². The number of H-pyrrole nitrogens is 1. The molecule has 0 atom stereocenters. The second-order valence-corrected chi connectivity index (χ2v) is 6.37. The third-order valence-corrected chi connectivity index (χ3v) is 4.20. The predicted molar refractivity (Wildman–Crippen MR) is 98.8 cm³/mol. The average Bonchev–Trinajstić information content (AvgIpc) is 3.22. The normalized spacial score (nSPS) is 12.4. The van der Waals surface area contributed by atoms with Crippen LogP contribution in [0.2, 0.25) is 0 Å². The zero-order chi connectivity index (χ0) is 16.9. The molecular formula is C18H20N4OS. The Kier molecular flexibility index (Phi) is 4.96. The second kappa shape index (κ2) is 7.31. The van der Waals surface area contributed by atoms with Gasteiger partial charge in [0.1, 0.15) is 5.75 Å². The van der Waals surface area contributed by atoms with Crippen molar-refractivity contribution in [2.45, 2.75) is 19.9 Å². The Morgan fingerprint density at radius 1 is 1.21 bits per heavy atom. The molecule has 6 heteroatoms. The maximum Gasteiger partial charge on any atom is 0.206 e. The third kappa shape index (κ3) is 3.65. The fraction of sp³-hybridized carbons (Fsp3) is 0.222. The van der Waals surface area contributed by atoms with Gasteiger partial charge in [-0.2, -0.15) is 5.10 Å². The standard InChI is InChI=1S/C18H20N4OS/c1-13(2)21-18-22(20-11-15-5-4-10-19-15)17(12-24-18)14-6-8-16(23-3)9-7-14/h4-13,19H,1-3H3. The molecule has 0 aliphatic carbocycles. The Balaban J connectivity index is 2.06. The summed E-state index contributed by atoms with van der Waals surface area (Å²) in [6, 6.07) is 12.1. The van der Waals surface area contributed by atoms with Crippen molar-refractivity contribution >= 4 is 17.6 Å². The SMILES string of the molecule is COc1ccc(-c2csc(=NC(C)C)n2N=Cc2ccc[nH]2)cc1. The average molecular weight is 340 g/mol. The number of nitrogens with zero attached hydrogens (tertiary/aromatic N) is 3. The number of methoxy groups -OCH3 is 1. The summed E-state index contributed by atoms with van der Waals surface area (Å²) >= 11 is 1.59. The molecule has 24 heavy (non-hydrogen) atoms. The van der Waals surface area contributed by atoms with Gasteiger partial charge in [0.15, 0.2) is 0 Å². The van der Waals surface area contributed by atoms with Crippen LogP contribution in [0.3, 0.4) is 0 Å². The summed E-state index contributed by atoms with van der Waals surface area (Å²) in [5.74, 6) is 0.836. The quantitative estimate of drug-likeness (QED) is 0.707. The maximum absolute atomic E-state index is 5.23. The summed E-state index contributed by atoms with van der Waals surface area (Å²) < 4.78 is 7.12. The van der Waals surface area contributed by atoms with E-state index in [9.17, 15) is 0 Å². The Labute approximate surface area is 145 Å². The van der Waals surface area contributed by atoms with Gasteiger partial charge in [0, 0.05) is 23.2 Å². The minimum absolute atomic E-state index is 0.208. The molecule has 3 aromatic rings. The summed E-state index contributed by atoms with van der Waals surface area (Å²) in [5.41, 5.74) is 3.02. The maximum atomic E-state index is 5.23. The summed E-state index contributed by atoms with van der Waals surface area (Å²) in [5, 5.41) is 6.70. The van der Waals surface area contributed by atoms with Crippen LogP contribution in [-0.2, 0) is 0 Å². The first-order chi connectivity index (χ1) is 11.7. The molecule has 124 valence electrons. The third-order valence-electron chi connectivity index (χ3n) is 3.37. The van der Waals surface area contributed by atoms with Crippen molar-refractivity contribution in [3.63, 3.8) is 0 Å². The number of rotatable bonds is 5. The minimum atomic E-state index is 0.208. The topological polar surface area (TPSA) is 54.7 Å². The minimum Gasteiger partial charge on any atom is -0.497 e. The van der Waals surface area contributed by atoms with E-state index in [0.717, 1.165) is 27.5 Å². The van der Waals surface area contributed by atoms with Gasteiger partial charge >= 0.3 is 0 Å². The monoisotopic (exact) mass is 340 g/mol. The van der Waals surface area contributed by atoms with Crippen molar-refractivity contribution in [2.75, 3.05) is 7.11 Å². The van der Waals surface area contributed by atoms with Crippen LogP contribution in [0.1, 0.15) is 19.5 Å². The fourth-order valence-corrected chi connectivity index (χ4v) is 3.20. The molecular weight excluding hydrogens is 320 g/mol. The van der Waals surface area contributed by atoms with E-state index in [1.807, 2.05) is 47.3 Å². The van der Waals surface area contributed by atoms with Crippen molar-refractivity contribution in [1.29, 1.82) is 0 Å². The molecule has 0 saturated carbocycles. The number of aromatic amines is 1. The van der Waals surface area contributed by atoms with Crippen LogP contribution in [0.4, 0.5) is 0 Å². The van der Waals surface area contributed by atoms with Gasteiger partial charge in [-0.05, 0) is 50.2 Å². The van der Waals surface area contributed by atoms with E-state index in [0.29, 0.717) is 0 Å². The van der Waals surface area contributed by atoms with Crippen LogP contribution in [0.15, 0.2) is 58.1 Å². The highest BCUT2D eigenvalue weighted by atomic mass is 32.1. The molecule has 0 spiro atoms.